The summed E-state index contributed by atoms with van der Waals surface area (Å²) < 4.78 is 0. The highest BCUT2D eigenvalue weighted by atomic mass is 32.1. The lowest BCUT2D eigenvalue weighted by Gasteiger charge is -2.25. The highest BCUT2D eigenvalue weighted by molar-refractivity contribution is 7.80. The van der Waals surface area contributed by atoms with Crippen LogP contribution in [0.3, 0.4) is 0 Å². The number of nitrogens with zero attached hydrogens (tertiary/aromatic N) is 2. The Labute approximate surface area is 166 Å². The van der Waals surface area contributed by atoms with Crippen molar-refractivity contribution in [3.05, 3.63) is 75.8 Å². The third-order valence-electron chi connectivity index (χ3n) is 3.80. The van der Waals surface area contributed by atoms with E-state index in [2.05, 4.69) is 5.32 Å². The summed E-state index contributed by atoms with van der Waals surface area (Å²) >= 11 is 5.30. The minimum Gasteiger partial charge on any atom is -0.344 e. The number of nitro benzene ring substituents is 1. The van der Waals surface area contributed by atoms with E-state index in [1.165, 1.54) is 17.6 Å². The van der Waals surface area contributed by atoms with Crippen LogP contribution in [0.25, 0.3) is 0 Å². The maximum atomic E-state index is 12.3. The SMILES string of the molecule is O=C(CCN(Cc1ccc([N+](=O)[O-])cc1)C(=S)NC(=O)c1ccccc1)NO. The van der Waals surface area contributed by atoms with E-state index >= 15 is 0 Å². The van der Waals surface area contributed by atoms with Gasteiger partial charge in [0.15, 0.2) is 5.11 Å². The van der Waals surface area contributed by atoms with Crippen LogP contribution in [0, 0.1) is 10.1 Å². The molecular weight excluding hydrogens is 384 g/mol. The van der Waals surface area contributed by atoms with E-state index in [9.17, 15) is 19.7 Å². The Morgan fingerprint density at radius 2 is 1.75 bits per heavy atom. The van der Waals surface area contributed by atoms with Crippen molar-refractivity contribution in [3.8, 4) is 0 Å². The van der Waals surface area contributed by atoms with Gasteiger partial charge >= 0.3 is 0 Å². The summed E-state index contributed by atoms with van der Waals surface area (Å²) in [7, 11) is 0. The summed E-state index contributed by atoms with van der Waals surface area (Å²) in [6.07, 6.45) is -0.0647. The Kier molecular flexibility index (Phi) is 7.55. The van der Waals surface area contributed by atoms with Crippen LogP contribution < -0.4 is 10.8 Å². The van der Waals surface area contributed by atoms with Crippen LogP contribution in [0.4, 0.5) is 5.69 Å². The molecule has 0 aliphatic rings. The Bertz CT molecular complexity index is 858. The summed E-state index contributed by atoms with van der Waals surface area (Å²) in [5.74, 6) is -1.00. The molecule has 0 heterocycles. The van der Waals surface area contributed by atoms with E-state index in [-0.39, 0.29) is 30.3 Å². The zero-order valence-electron chi connectivity index (χ0n) is 14.7. The Morgan fingerprint density at radius 1 is 1.11 bits per heavy atom. The lowest BCUT2D eigenvalue weighted by molar-refractivity contribution is -0.384. The summed E-state index contributed by atoms with van der Waals surface area (Å²) in [6.45, 7) is 0.335. The summed E-state index contributed by atoms with van der Waals surface area (Å²) in [6, 6.07) is 14.4. The smallest absolute Gasteiger partial charge is 0.269 e. The predicted molar refractivity (Wildman–Crippen MR) is 105 cm³/mol. The zero-order valence-corrected chi connectivity index (χ0v) is 15.5. The van der Waals surface area contributed by atoms with Gasteiger partial charge in [-0.2, -0.15) is 0 Å². The number of nitro groups is 1. The van der Waals surface area contributed by atoms with Crippen molar-refractivity contribution < 1.29 is 19.7 Å². The number of carbonyl (C=O) groups is 2. The minimum atomic E-state index is -0.606. The van der Waals surface area contributed by atoms with Crippen molar-refractivity contribution >= 4 is 34.8 Å². The third-order valence-corrected chi connectivity index (χ3v) is 4.16. The molecule has 0 saturated carbocycles. The topological polar surface area (TPSA) is 125 Å². The first-order chi connectivity index (χ1) is 13.4. The van der Waals surface area contributed by atoms with Gasteiger partial charge in [0.25, 0.3) is 11.6 Å². The van der Waals surface area contributed by atoms with Crippen molar-refractivity contribution in [1.82, 2.24) is 15.7 Å². The molecule has 0 spiro atoms. The molecule has 0 atom stereocenters. The van der Waals surface area contributed by atoms with Crippen LogP contribution in [0.2, 0.25) is 0 Å². The fourth-order valence-electron chi connectivity index (χ4n) is 2.33. The minimum absolute atomic E-state index is 0.0464. The molecule has 0 fully saturated rings. The number of thiocarbonyl (C=S) groups is 1. The predicted octanol–water partition coefficient (Wildman–Crippen LogP) is 2.01. The van der Waals surface area contributed by atoms with Gasteiger partial charge in [0, 0.05) is 37.2 Å². The van der Waals surface area contributed by atoms with Gasteiger partial charge in [-0.15, -0.1) is 0 Å². The molecule has 28 heavy (non-hydrogen) atoms. The van der Waals surface area contributed by atoms with E-state index in [0.717, 1.165) is 0 Å². The van der Waals surface area contributed by atoms with Crippen molar-refractivity contribution in [2.45, 2.75) is 13.0 Å². The number of hydroxylamine groups is 1. The molecule has 2 rings (SSSR count). The summed E-state index contributed by atoms with van der Waals surface area (Å²) in [4.78, 5) is 35.5. The van der Waals surface area contributed by atoms with Crippen LogP contribution in [-0.4, -0.2) is 38.5 Å². The standard InChI is InChI=1S/C18H18N4O5S/c23-16(20-25)10-11-21(12-13-6-8-15(9-7-13)22(26)27)18(28)19-17(24)14-4-2-1-3-5-14/h1-9,25H,10-12H2,(H,20,23)(H,19,24,28). The summed E-state index contributed by atoms with van der Waals surface area (Å²) in [5, 5.41) is 22.1. The molecule has 10 heteroatoms. The first-order valence-corrected chi connectivity index (χ1v) is 8.63. The molecule has 2 amide bonds. The molecule has 146 valence electrons. The van der Waals surface area contributed by atoms with Crippen molar-refractivity contribution in [1.29, 1.82) is 0 Å². The number of carbonyl (C=O) groups excluding carboxylic acids is 2. The normalized spacial score (nSPS) is 10.0. The molecule has 0 aromatic heterocycles. The Hall–Kier alpha value is -3.37. The molecule has 0 radical (unpaired) electrons. The van der Waals surface area contributed by atoms with Crippen molar-refractivity contribution in [2.24, 2.45) is 0 Å². The van der Waals surface area contributed by atoms with E-state index in [1.807, 2.05) is 0 Å². The quantitative estimate of drug-likeness (QED) is 0.280. The highest BCUT2D eigenvalue weighted by Crippen LogP contribution is 2.14. The fraction of sp³-hybridized carbons (Fsp3) is 0.167. The van der Waals surface area contributed by atoms with Crippen LogP contribution in [-0.2, 0) is 11.3 Å². The second kappa shape index (κ2) is 10.1. The molecule has 3 N–H and O–H groups in total. The van der Waals surface area contributed by atoms with Crippen LogP contribution in [0.1, 0.15) is 22.3 Å². The van der Waals surface area contributed by atoms with Crippen molar-refractivity contribution in [2.75, 3.05) is 6.54 Å². The van der Waals surface area contributed by atoms with E-state index in [4.69, 9.17) is 17.4 Å². The Morgan fingerprint density at radius 3 is 2.32 bits per heavy atom. The first-order valence-electron chi connectivity index (χ1n) is 8.22. The van der Waals surface area contributed by atoms with Gasteiger partial charge in [-0.05, 0) is 29.9 Å². The Balaban J connectivity index is 2.10. The monoisotopic (exact) mass is 402 g/mol. The van der Waals surface area contributed by atoms with Crippen LogP contribution in [0.15, 0.2) is 54.6 Å². The third kappa shape index (κ3) is 6.11. The maximum Gasteiger partial charge on any atom is 0.269 e. The van der Waals surface area contributed by atoms with Gasteiger partial charge in [0.2, 0.25) is 5.91 Å². The molecule has 0 bridgehead atoms. The van der Waals surface area contributed by atoms with Gasteiger partial charge in [0.05, 0.1) is 4.92 Å². The lowest BCUT2D eigenvalue weighted by atomic mass is 10.2. The molecular formula is C18H18N4O5S. The van der Waals surface area contributed by atoms with Crippen molar-refractivity contribution in [3.63, 3.8) is 0 Å². The number of rotatable bonds is 7. The number of hydrogen-bond donors (Lipinski definition) is 3. The highest BCUT2D eigenvalue weighted by Gasteiger charge is 2.16. The molecule has 0 aliphatic carbocycles. The van der Waals surface area contributed by atoms with Crippen LogP contribution in [0.5, 0.6) is 0 Å². The number of amides is 2. The average molecular weight is 402 g/mol. The summed E-state index contributed by atoms with van der Waals surface area (Å²) in [5.41, 5.74) is 2.62. The maximum absolute atomic E-state index is 12.3. The molecule has 0 saturated heterocycles. The molecule has 0 aliphatic heterocycles. The van der Waals surface area contributed by atoms with E-state index in [0.29, 0.717) is 11.1 Å². The molecule has 9 nitrogen and oxygen atoms in total. The molecule has 2 aromatic carbocycles. The zero-order chi connectivity index (χ0) is 20.5. The lowest BCUT2D eigenvalue weighted by Crippen LogP contribution is -2.43. The number of non-ortho nitro benzene ring substituents is 1. The second-order valence-corrected chi connectivity index (χ2v) is 6.14. The number of nitrogens with one attached hydrogen (secondary N) is 2. The van der Waals surface area contributed by atoms with Gasteiger partial charge in [-0.25, -0.2) is 5.48 Å². The number of hydrogen-bond acceptors (Lipinski definition) is 6. The fourth-order valence-corrected chi connectivity index (χ4v) is 2.57. The van der Waals surface area contributed by atoms with E-state index < -0.39 is 16.7 Å². The molecule has 0 unspecified atom stereocenters. The van der Waals surface area contributed by atoms with Gasteiger partial charge < -0.3 is 4.90 Å². The molecule has 2 aromatic rings. The van der Waals surface area contributed by atoms with Gasteiger partial charge in [-0.3, -0.25) is 30.2 Å². The van der Waals surface area contributed by atoms with Gasteiger partial charge in [-0.1, -0.05) is 30.3 Å². The van der Waals surface area contributed by atoms with Crippen LogP contribution >= 0.6 is 12.2 Å². The largest absolute Gasteiger partial charge is 0.344 e. The number of benzene rings is 2. The average Bonchev–Trinajstić information content (AvgIpc) is 2.71. The first kappa shape index (κ1) is 20.9. The second-order valence-electron chi connectivity index (χ2n) is 5.76. The van der Waals surface area contributed by atoms with E-state index in [1.54, 1.807) is 47.4 Å². The van der Waals surface area contributed by atoms with Gasteiger partial charge in [0.1, 0.15) is 0 Å².